The summed E-state index contributed by atoms with van der Waals surface area (Å²) in [4.78, 5) is -0.727. The molecule has 4 N–H and O–H groups in total. The van der Waals surface area contributed by atoms with E-state index in [2.05, 4.69) is 0 Å². The Hall–Kier alpha value is -0.680. The number of rotatable bonds is 2. The second-order valence-electron chi connectivity index (χ2n) is 2.24. The molecule has 0 aromatic carbocycles. The highest BCUT2D eigenvalue weighted by molar-refractivity contribution is 7.89. The van der Waals surface area contributed by atoms with Crippen molar-refractivity contribution in [3.8, 4) is 0 Å². The first-order valence-electron chi connectivity index (χ1n) is 2.96. The molecule has 0 amide bonds. The van der Waals surface area contributed by atoms with Crippen LogP contribution in [0.1, 0.15) is 7.43 Å². The first-order valence-corrected chi connectivity index (χ1v) is 6.66. The molecule has 0 fully saturated rings. The summed E-state index contributed by atoms with van der Waals surface area (Å²) >= 11 is 0.349. The van der Waals surface area contributed by atoms with Gasteiger partial charge in [0.2, 0.25) is 0 Å². The molecule has 0 aliphatic carbocycles. The van der Waals surface area contributed by atoms with Crippen LogP contribution < -0.4 is 5.73 Å². The van der Waals surface area contributed by atoms with Crippen molar-refractivity contribution in [3.05, 3.63) is 6.07 Å². The van der Waals surface area contributed by atoms with Crippen LogP contribution in [-0.2, 0) is 20.2 Å². The monoisotopic (exact) mass is 275 g/mol. The third-order valence-corrected chi connectivity index (χ3v) is 4.52. The number of nitrogen functional groups attached to an aromatic ring is 1. The first kappa shape index (κ1) is 14.3. The van der Waals surface area contributed by atoms with Crippen LogP contribution in [0.2, 0.25) is 0 Å². The second kappa shape index (κ2) is 4.06. The molecule has 0 saturated carbocycles. The van der Waals surface area contributed by atoms with Gasteiger partial charge in [-0.1, -0.05) is 7.43 Å². The first-order chi connectivity index (χ1) is 6.12. The Balaban J connectivity index is 0.00000196. The highest BCUT2D eigenvalue weighted by Gasteiger charge is 2.22. The van der Waals surface area contributed by atoms with Gasteiger partial charge in [0, 0.05) is 0 Å². The van der Waals surface area contributed by atoms with Gasteiger partial charge >= 0.3 is 10.1 Å². The van der Waals surface area contributed by atoms with E-state index >= 15 is 0 Å². The lowest BCUT2D eigenvalue weighted by Gasteiger charge is -1.90. The summed E-state index contributed by atoms with van der Waals surface area (Å²) in [6.07, 6.45) is 0. The number of anilines is 1. The summed E-state index contributed by atoms with van der Waals surface area (Å²) < 4.78 is 58.8. The molecule has 0 bridgehead atoms. The molecule has 7 nitrogen and oxygen atoms in total. The zero-order valence-electron chi connectivity index (χ0n) is 6.41. The van der Waals surface area contributed by atoms with Crippen LogP contribution >= 0.6 is 11.3 Å². The average molecular weight is 275 g/mol. The Morgan fingerprint density at radius 3 is 1.80 bits per heavy atom. The van der Waals surface area contributed by atoms with E-state index < -0.39 is 34.3 Å². The van der Waals surface area contributed by atoms with E-state index in [0.29, 0.717) is 17.4 Å². The van der Waals surface area contributed by atoms with E-state index in [9.17, 15) is 16.8 Å². The number of hydrogen-bond donors (Lipinski definition) is 3. The molecule has 0 spiro atoms. The zero-order valence-corrected chi connectivity index (χ0v) is 8.86. The highest BCUT2D eigenvalue weighted by Crippen LogP contribution is 2.31. The Morgan fingerprint density at radius 1 is 1.13 bits per heavy atom. The molecule has 1 heterocycles. The van der Waals surface area contributed by atoms with Gasteiger partial charge < -0.3 is 5.73 Å². The number of thiophene rings is 1. The van der Waals surface area contributed by atoms with Crippen molar-refractivity contribution < 1.29 is 25.9 Å². The fourth-order valence-corrected chi connectivity index (χ4v) is 3.32. The predicted molar refractivity (Wildman–Crippen MR) is 55.1 cm³/mol. The maximum atomic E-state index is 10.6. The molecule has 1 aromatic rings. The van der Waals surface area contributed by atoms with Crippen LogP contribution in [-0.4, -0.2) is 25.9 Å². The van der Waals surface area contributed by atoms with Gasteiger partial charge in [-0.05, 0) is 6.07 Å². The average Bonchev–Trinajstić information content (AvgIpc) is 2.27. The Morgan fingerprint density at radius 2 is 1.60 bits per heavy atom. The fourth-order valence-electron chi connectivity index (χ4n) is 0.695. The molecule has 88 valence electrons. The van der Waals surface area contributed by atoms with Crippen LogP contribution in [0, 0.1) is 0 Å². The molecule has 1 aromatic heterocycles. The maximum Gasteiger partial charge on any atom is 0.304 e. The van der Waals surface area contributed by atoms with E-state index in [1.807, 2.05) is 0 Å². The molecular weight excluding hydrogens is 266 g/mol. The van der Waals surface area contributed by atoms with Crippen molar-refractivity contribution in [3.63, 3.8) is 0 Å². The molecule has 0 radical (unpaired) electrons. The highest BCUT2D eigenvalue weighted by atomic mass is 32.3. The third kappa shape index (κ3) is 3.14. The van der Waals surface area contributed by atoms with Crippen molar-refractivity contribution in [1.29, 1.82) is 0 Å². The minimum Gasteiger partial charge on any atom is -0.389 e. The van der Waals surface area contributed by atoms with Gasteiger partial charge in [0.25, 0.3) is 10.1 Å². The minimum absolute atomic E-state index is 0. The molecule has 0 atom stereocenters. The van der Waals surface area contributed by atoms with Crippen molar-refractivity contribution in [1.82, 2.24) is 0 Å². The van der Waals surface area contributed by atoms with Crippen molar-refractivity contribution in [2.24, 2.45) is 0 Å². The molecule has 15 heavy (non-hydrogen) atoms. The second-order valence-corrected chi connectivity index (χ2v) is 6.37. The van der Waals surface area contributed by atoms with Gasteiger partial charge in [-0.15, -0.1) is 11.3 Å². The van der Waals surface area contributed by atoms with E-state index in [1.54, 1.807) is 0 Å². The summed E-state index contributed by atoms with van der Waals surface area (Å²) in [6.45, 7) is 0. The van der Waals surface area contributed by atoms with Crippen molar-refractivity contribution in [2.45, 2.75) is 16.5 Å². The Bertz CT molecular complexity index is 554. The van der Waals surface area contributed by atoms with Crippen molar-refractivity contribution >= 4 is 36.6 Å². The summed E-state index contributed by atoms with van der Waals surface area (Å²) in [5, 5.41) is -0.403. The third-order valence-electron chi connectivity index (χ3n) is 1.23. The van der Waals surface area contributed by atoms with Crippen LogP contribution in [0.15, 0.2) is 15.2 Å². The summed E-state index contributed by atoms with van der Waals surface area (Å²) in [5.74, 6) is 0. The predicted octanol–water partition coefficient (Wildman–Crippen LogP) is 0.460. The molecule has 1 rings (SSSR count). The van der Waals surface area contributed by atoms with Crippen LogP contribution in [0.4, 0.5) is 5.00 Å². The molecule has 0 aliphatic heterocycles. The molecule has 0 unspecified atom stereocenters. The number of hydrogen-bond acceptors (Lipinski definition) is 6. The van der Waals surface area contributed by atoms with E-state index in [0.717, 1.165) is 0 Å². The Labute approximate surface area is 91.0 Å². The largest absolute Gasteiger partial charge is 0.389 e. The van der Waals surface area contributed by atoms with Gasteiger partial charge in [-0.2, -0.15) is 16.8 Å². The SMILES string of the molecule is C.Nc1sc(S(=O)(=O)O)cc1S(=O)(=O)O. The molecule has 10 heteroatoms. The quantitative estimate of drug-likeness (QED) is 0.667. The summed E-state index contributed by atoms with van der Waals surface area (Å²) in [6, 6.07) is 0.588. The van der Waals surface area contributed by atoms with Crippen molar-refractivity contribution in [2.75, 3.05) is 5.73 Å². The van der Waals surface area contributed by atoms with Gasteiger partial charge in [-0.25, -0.2) is 0 Å². The van der Waals surface area contributed by atoms with Gasteiger partial charge in [0.15, 0.2) is 0 Å². The molecular formula is C5H9NO6S3. The van der Waals surface area contributed by atoms with Crippen LogP contribution in [0.3, 0.4) is 0 Å². The fraction of sp³-hybridized carbons (Fsp3) is 0.200. The minimum atomic E-state index is -4.56. The lowest BCUT2D eigenvalue weighted by Crippen LogP contribution is -1.99. The van der Waals surface area contributed by atoms with Crippen LogP contribution in [0.5, 0.6) is 0 Å². The lowest BCUT2D eigenvalue weighted by molar-refractivity contribution is 0.483. The summed E-state index contributed by atoms with van der Waals surface area (Å²) in [7, 11) is -9.06. The smallest absolute Gasteiger partial charge is 0.304 e. The standard InChI is InChI=1S/C4H5NO6S3.CH4/c5-4-2(13(6,7)8)1-3(12-4)14(9,10)11;/h1H,5H2,(H,6,7,8)(H,9,10,11);1H4. The molecule has 0 saturated heterocycles. The summed E-state index contributed by atoms with van der Waals surface area (Å²) in [5.41, 5.74) is 5.13. The zero-order chi connectivity index (χ0) is 11.1. The Kier molecular flexibility index (Phi) is 3.87. The van der Waals surface area contributed by atoms with E-state index in [1.165, 1.54) is 0 Å². The maximum absolute atomic E-state index is 10.6. The van der Waals surface area contributed by atoms with Crippen LogP contribution in [0.25, 0.3) is 0 Å². The molecule has 0 aliphatic rings. The van der Waals surface area contributed by atoms with Gasteiger partial charge in [0.05, 0.1) is 0 Å². The normalized spacial score (nSPS) is 12.1. The van der Waals surface area contributed by atoms with Gasteiger partial charge in [-0.3, -0.25) is 9.11 Å². The van der Waals surface area contributed by atoms with E-state index in [4.69, 9.17) is 14.8 Å². The lowest BCUT2D eigenvalue weighted by atomic mass is 10.6. The van der Waals surface area contributed by atoms with E-state index in [-0.39, 0.29) is 7.43 Å². The number of nitrogens with two attached hydrogens (primary N) is 1. The van der Waals surface area contributed by atoms with Gasteiger partial charge in [0.1, 0.15) is 14.1 Å². The topological polar surface area (TPSA) is 135 Å².